The number of sulfonamides is 1. The van der Waals surface area contributed by atoms with Gasteiger partial charge in [0, 0.05) is 42.8 Å². The number of carbonyl (C=O) groups excluding carboxylic acids is 1. The van der Waals surface area contributed by atoms with Gasteiger partial charge in [-0.3, -0.25) is 9.52 Å². The Hall–Kier alpha value is -5.16. The van der Waals surface area contributed by atoms with Crippen molar-refractivity contribution in [1.29, 1.82) is 0 Å². The minimum atomic E-state index is -4.46. The van der Waals surface area contributed by atoms with E-state index >= 15 is 0 Å². The van der Waals surface area contributed by atoms with Crippen LogP contribution in [0, 0.1) is 18.2 Å². The molecule has 2 aromatic heterocycles. The molecule has 0 radical (unpaired) electrons. The van der Waals surface area contributed by atoms with E-state index in [1.165, 1.54) is 31.8 Å². The Balaban J connectivity index is 1.51. The summed E-state index contributed by atoms with van der Waals surface area (Å²) in [6, 6.07) is 8.69. The molecule has 1 atom stereocenters. The van der Waals surface area contributed by atoms with Crippen LogP contribution in [0.5, 0.6) is 5.88 Å². The summed E-state index contributed by atoms with van der Waals surface area (Å²) in [5.74, 6) is -1.83. The van der Waals surface area contributed by atoms with Crippen molar-refractivity contribution in [2.45, 2.75) is 10.9 Å². The van der Waals surface area contributed by atoms with Crippen LogP contribution in [0.4, 0.5) is 20.3 Å². The number of aromatic nitrogens is 3. The Labute approximate surface area is 246 Å². The number of benzene rings is 2. The molecular weight excluding hydrogens is 580 g/mol. The number of piperazine rings is 1. The average molecular weight is 606 g/mol. The number of ether oxygens (including phenoxy) is 1. The molecule has 1 aliphatic heterocycles. The van der Waals surface area contributed by atoms with Crippen LogP contribution in [0.25, 0.3) is 26.9 Å². The van der Waals surface area contributed by atoms with Crippen LogP contribution in [-0.4, -0.2) is 73.5 Å². The Morgan fingerprint density at radius 1 is 1.16 bits per heavy atom. The lowest BCUT2D eigenvalue weighted by molar-refractivity contribution is -0.128. The second kappa shape index (κ2) is 12.0. The zero-order valence-electron chi connectivity index (χ0n) is 22.9. The van der Waals surface area contributed by atoms with Crippen molar-refractivity contribution in [2.75, 3.05) is 42.9 Å². The van der Waals surface area contributed by atoms with Gasteiger partial charge in [-0.05, 0) is 42.0 Å². The Bertz CT molecular complexity index is 1880. The number of carbonyl (C=O) groups is 1. The maximum absolute atomic E-state index is 14.3. The van der Waals surface area contributed by atoms with Crippen molar-refractivity contribution in [3.05, 3.63) is 90.7 Å². The van der Waals surface area contributed by atoms with Gasteiger partial charge in [-0.25, -0.2) is 38.7 Å². The van der Waals surface area contributed by atoms with Crippen molar-refractivity contribution in [2.24, 2.45) is 0 Å². The largest absolute Gasteiger partial charge is 0.480 e. The number of fused-ring (bicyclic) bond motifs is 1. The maximum Gasteiger partial charge on any atom is 0.264 e. The fraction of sp³-hybridized carbons (Fsp3) is 0.207. The van der Waals surface area contributed by atoms with E-state index in [1.54, 1.807) is 17.0 Å². The van der Waals surface area contributed by atoms with Crippen LogP contribution in [0.2, 0.25) is 0 Å². The van der Waals surface area contributed by atoms with E-state index in [9.17, 15) is 22.0 Å². The van der Waals surface area contributed by atoms with E-state index < -0.39 is 26.6 Å². The van der Waals surface area contributed by atoms with E-state index in [2.05, 4.69) is 31.1 Å². The zero-order valence-corrected chi connectivity index (χ0v) is 23.7. The van der Waals surface area contributed by atoms with Gasteiger partial charge >= 0.3 is 0 Å². The Morgan fingerprint density at radius 3 is 2.70 bits per heavy atom. The number of methoxy groups -OCH3 is 1. The van der Waals surface area contributed by atoms with E-state index in [4.69, 9.17) is 11.3 Å². The molecule has 0 bridgehead atoms. The standard InChI is InChI=1S/C29H25F2N7O4S/c1-4-27(39)38-10-9-37(16-21(38)15-32-2)28-22-11-18(5-7-24(22)34-17-35-28)19-12-25(29(42-3)33-14-19)36-43(40,41)26-8-6-20(30)13-23(26)31/h4-8,11-14,17,21,36H,1,9-10,15-16H2,3H3/t21-/m0/s1. The fourth-order valence-electron chi connectivity index (χ4n) is 4.93. The van der Waals surface area contributed by atoms with Gasteiger partial charge in [0.15, 0.2) is 0 Å². The summed E-state index contributed by atoms with van der Waals surface area (Å²) < 4.78 is 61.1. The third-order valence-corrected chi connectivity index (χ3v) is 8.36. The first-order chi connectivity index (χ1) is 20.6. The predicted octanol–water partition coefficient (Wildman–Crippen LogP) is 3.90. The van der Waals surface area contributed by atoms with Crippen molar-refractivity contribution in [3.8, 4) is 17.0 Å². The third-order valence-electron chi connectivity index (χ3n) is 6.96. The molecule has 11 nitrogen and oxygen atoms in total. The molecule has 0 unspecified atom stereocenters. The van der Waals surface area contributed by atoms with E-state index in [0.717, 1.165) is 12.1 Å². The summed E-state index contributed by atoms with van der Waals surface area (Å²) in [4.78, 5) is 31.9. The molecule has 1 fully saturated rings. The van der Waals surface area contributed by atoms with Gasteiger partial charge < -0.3 is 19.4 Å². The number of nitrogens with zero attached hydrogens (tertiary/aromatic N) is 6. The number of anilines is 2. The molecule has 1 aliphatic rings. The number of nitrogens with one attached hydrogen (secondary N) is 1. The monoisotopic (exact) mass is 605 g/mol. The molecule has 220 valence electrons. The number of hydrogen-bond donors (Lipinski definition) is 1. The van der Waals surface area contributed by atoms with E-state index in [-0.39, 0.29) is 30.1 Å². The summed E-state index contributed by atoms with van der Waals surface area (Å²) >= 11 is 0. The van der Waals surface area contributed by atoms with Gasteiger partial charge in [-0.15, -0.1) is 0 Å². The molecule has 4 aromatic rings. The highest BCUT2D eigenvalue weighted by Crippen LogP contribution is 2.34. The highest BCUT2D eigenvalue weighted by molar-refractivity contribution is 7.92. The molecule has 2 aromatic carbocycles. The normalized spacial score (nSPS) is 15.2. The topological polar surface area (TPSA) is 122 Å². The summed E-state index contributed by atoms with van der Waals surface area (Å²) in [6.07, 6.45) is 4.18. The fourth-order valence-corrected chi connectivity index (χ4v) is 6.04. The van der Waals surface area contributed by atoms with Gasteiger partial charge in [0.05, 0.1) is 12.6 Å². The minimum Gasteiger partial charge on any atom is -0.480 e. The number of amides is 1. The second-order valence-corrected chi connectivity index (χ2v) is 11.2. The average Bonchev–Trinajstić information content (AvgIpc) is 3.00. The lowest BCUT2D eigenvalue weighted by Gasteiger charge is -2.39. The quantitative estimate of drug-likeness (QED) is 0.237. The Morgan fingerprint density at radius 2 is 1.98 bits per heavy atom. The van der Waals surface area contributed by atoms with Crippen LogP contribution >= 0.6 is 0 Å². The molecule has 43 heavy (non-hydrogen) atoms. The van der Waals surface area contributed by atoms with E-state index in [1.807, 2.05) is 11.0 Å². The van der Waals surface area contributed by atoms with Crippen LogP contribution in [0.15, 0.2) is 72.5 Å². The molecule has 1 saturated heterocycles. The number of halogens is 2. The highest BCUT2D eigenvalue weighted by atomic mass is 32.2. The van der Waals surface area contributed by atoms with Gasteiger partial charge in [0.25, 0.3) is 10.0 Å². The molecule has 1 N–H and O–H groups in total. The summed E-state index contributed by atoms with van der Waals surface area (Å²) in [5, 5.41) is 0.691. The number of rotatable bonds is 8. The van der Waals surface area contributed by atoms with Gasteiger partial charge in [-0.1, -0.05) is 12.6 Å². The van der Waals surface area contributed by atoms with Crippen LogP contribution in [0.1, 0.15) is 0 Å². The summed E-state index contributed by atoms with van der Waals surface area (Å²) in [7, 11) is -3.16. The van der Waals surface area contributed by atoms with Gasteiger partial charge in [0.1, 0.15) is 40.4 Å². The van der Waals surface area contributed by atoms with Crippen molar-refractivity contribution < 1.29 is 26.7 Å². The van der Waals surface area contributed by atoms with Gasteiger partial charge in [-0.2, -0.15) is 0 Å². The summed E-state index contributed by atoms with van der Waals surface area (Å²) in [6.45, 7) is 12.3. The predicted molar refractivity (Wildman–Crippen MR) is 156 cm³/mol. The van der Waals surface area contributed by atoms with E-state index in [0.29, 0.717) is 53.5 Å². The molecular formula is C29H25F2N7O4S. The minimum absolute atomic E-state index is 0.0571. The molecule has 14 heteroatoms. The van der Waals surface area contributed by atoms with Crippen molar-refractivity contribution in [1.82, 2.24) is 19.9 Å². The van der Waals surface area contributed by atoms with Crippen LogP contribution < -0.4 is 14.4 Å². The van der Waals surface area contributed by atoms with Crippen LogP contribution in [0.3, 0.4) is 0 Å². The molecule has 0 aliphatic carbocycles. The summed E-state index contributed by atoms with van der Waals surface area (Å²) in [5.41, 5.74) is 1.74. The molecule has 0 saturated carbocycles. The third kappa shape index (κ3) is 5.93. The highest BCUT2D eigenvalue weighted by Gasteiger charge is 2.32. The molecule has 0 spiro atoms. The molecule has 5 rings (SSSR count). The Kier molecular flexibility index (Phi) is 8.18. The smallest absolute Gasteiger partial charge is 0.264 e. The number of pyridine rings is 1. The maximum atomic E-state index is 14.3. The lowest BCUT2D eigenvalue weighted by atomic mass is 10.0. The van der Waals surface area contributed by atoms with Crippen molar-refractivity contribution >= 4 is 38.3 Å². The first-order valence-corrected chi connectivity index (χ1v) is 14.4. The van der Waals surface area contributed by atoms with Crippen LogP contribution in [-0.2, 0) is 14.8 Å². The first-order valence-electron chi connectivity index (χ1n) is 12.9. The molecule has 1 amide bonds. The lowest BCUT2D eigenvalue weighted by Crippen LogP contribution is -2.56. The first kappa shape index (κ1) is 29.3. The van der Waals surface area contributed by atoms with Gasteiger partial charge in [0.2, 0.25) is 18.3 Å². The zero-order chi connectivity index (χ0) is 30.7. The number of hydrogen-bond acceptors (Lipinski definition) is 8. The second-order valence-electron chi connectivity index (χ2n) is 9.57. The van der Waals surface area contributed by atoms with Crippen molar-refractivity contribution in [3.63, 3.8) is 0 Å². The molecule has 3 heterocycles. The SMILES string of the molecule is [C-]#[N+]C[C@H]1CN(c2ncnc3ccc(-c4cnc(OC)c(NS(=O)(=O)c5ccc(F)cc5F)c4)cc23)CCN1C(=O)C=C.